The third kappa shape index (κ3) is 2.21. The van der Waals surface area contributed by atoms with Crippen molar-refractivity contribution in [2.24, 2.45) is 0 Å². The first-order chi connectivity index (χ1) is 5.18. The zero-order chi connectivity index (χ0) is 8.27. The van der Waals surface area contributed by atoms with Gasteiger partial charge in [-0.2, -0.15) is 0 Å². The molecule has 0 saturated heterocycles. The van der Waals surface area contributed by atoms with Gasteiger partial charge in [0.25, 0.3) is 0 Å². The van der Waals surface area contributed by atoms with Gasteiger partial charge in [0.2, 0.25) is 0 Å². The van der Waals surface area contributed by atoms with Crippen LogP contribution in [0.15, 0.2) is 12.4 Å². The fraction of sp³-hybridized carbons (Fsp3) is 0.167. The van der Waals surface area contributed by atoms with Crippen molar-refractivity contribution >= 4 is 11.7 Å². The average molecular weight is 153 g/mol. The lowest BCUT2D eigenvalue weighted by Gasteiger charge is -1.96. The van der Waals surface area contributed by atoms with E-state index in [9.17, 15) is 4.79 Å². The molecule has 0 spiro atoms. The molecule has 0 bridgehead atoms. The van der Waals surface area contributed by atoms with E-state index in [-0.39, 0.29) is 6.01 Å². The van der Waals surface area contributed by atoms with E-state index in [1.165, 1.54) is 19.3 Å². The van der Waals surface area contributed by atoms with E-state index in [0.29, 0.717) is 5.69 Å². The molecule has 2 N–H and O–H groups in total. The molecule has 58 valence electrons. The molecule has 0 unspecified atom stereocenters. The first-order valence-electron chi connectivity index (χ1n) is 2.94. The van der Waals surface area contributed by atoms with Crippen LogP contribution in [0.4, 0.5) is 5.69 Å². The first kappa shape index (κ1) is 7.46. The third-order valence-corrected chi connectivity index (χ3v) is 0.883. The zero-order valence-electron chi connectivity index (χ0n) is 5.94. The standard InChI is InChI=1S/C6H7N3O2/c1-4(10)11-6-8-2-5(7)3-9-6/h2-3H,7H2,1H3. The summed E-state index contributed by atoms with van der Waals surface area (Å²) >= 11 is 0. The zero-order valence-corrected chi connectivity index (χ0v) is 5.94. The van der Waals surface area contributed by atoms with Crippen LogP contribution >= 0.6 is 0 Å². The van der Waals surface area contributed by atoms with E-state index in [2.05, 4.69) is 14.7 Å². The first-order valence-corrected chi connectivity index (χ1v) is 2.94. The van der Waals surface area contributed by atoms with Gasteiger partial charge in [0, 0.05) is 6.92 Å². The fourth-order valence-electron chi connectivity index (χ4n) is 0.507. The number of nitrogens with two attached hydrogens (primary N) is 1. The second-order valence-corrected chi connectivity index (χ2v) is 1.89. The minimum atomic E-state index is -0.449. The molecule has 5 heteroatoms. The number of nitrogens with zero attached hydrogens (tertiary/aromatic N) is 2. The van der Waals surface area contributed by atoms with Crippen LogP contribution in [0, 0.1) is 0 Å². The van der Waals surface area contributed by atoms with Gasteiger partial charge in [0.05, 0.1) is 18.1 Å². The Morgan fingerprint density at radius 1 is 1.55 bits per heavy atom. The summed E-state index contributed by atoms with van der Waals surface area (Å²) in [4.78, 5) is 17.6. The molecular weight excluding hydrogens is 146 g/mol. The Bertz CT molecular complexity index is 257. The molecule has 1 rings (SSSR count). The molecule has 0 atom stereocenters. The van der Waals surface area contributed by atoms with E-state index in [1.54, 1.807) is 0 Å². The summed E-state index contributed by atoms with van der Waals surface area (Å²) < 4.78 is 4.55. The number of esters is 1. The minimum Gasteiger partial charge on any atom is -0.396 e. The van der Waals surface area contributed by atoms with Gasteiger partial charge in [-0.15, -0.1) is 0 Å². The number of carbonyl (C=O) groups is 1. The summed E-state index contributed by atoms with van der Waals surface area (Å²) in [6.45, 7) is 1.28. The van der Waals surface area contributed by atoms with Crippen LogP contribution in [0.25, 0.3) is 0 Å². The van der Waals surface area contributed by atoms with Gasteiger partial charge in [-0.1, -0.05) is 0 Å². The molecule has 1 heterocycles. The van der Waals surface area contributed by atoms with Crippen molar-refractivity contribution in [3.63, 3.8) is 0 Å². The van der Waals surface area contributed by atoms with Crippen LogP contribution in [0.5, 0.6) is 6.01 Å². The van der Waals surface area contributed by atoms with Gasteiger partial charge < -0.3 is 10.5 Å². The summed E-state index contributed by atoms with van der Waals surface area (Å²) in [5.41, 5.74) is 5.72. The molecule has 0 aliphatic carbocycles. The normalized spacial score (nSPS) is 9.18. The molecule has 0 aliphatic rings. The van der Waals surface area contributed by atoms with Crippen LogP contribution in [0.3, 0.4) is 0 Å². The van der Waals surface area contributed by atoms with Crippen molar-refractivity contribution in [2.45, 2.75) is 6.92 Å². The number of carbonyl (C=O) groups excluding carboxylic acids is 1. The van der Waals surface area contributed by atoms with Gasteiger partial charge in [0.15, 0.2) is 0 Å². The molecule has 5 nitrogen and oxygen atoms in total. The van der Waals surface area contributed by atoms with Gasteiger partial charge in [0.1, 0.15) is 0 Å². The molecule has 0 aromatic carbocycles. The summed E-state index contributed by atoms with van der Waals surface area (Å²) in [5.74, 6) is -0.449. The fourth-order valence-corrected chi connectivity index (χ4v) is 0.507. The molecule has 0 radical (unpaired) electrons. The SMILES string of the molecule is CC(=O)Oc1ncc(N)cn1. The molecular formula is C6H7N3O2. The molecule has 0 aliphatic heterocycles. The Kier molecular flexibility index (Phi) is 2.00. The van der Waals surface area contributed by atoms with Gasteiger partial charge in [-0.3, -0.25) is 4.79 Å². The van der Waals surface area contributed by atoms with Gasteiger partial charge in [-0.05, 0) is 0 Å². The number of rotatable bonds is 1. The molecule has 11 heavy (non-hydrogen) atoms. The highest BCUT2D eigenvalue weighted by atomic mass is 16.5. The Hall–Kier alpha value is -1.65. The summed E-state index contributed by atoms with van der Waals surface area (Å²) in [7, 11) is 0. The number of ether oxygens (including phenoxy) is 1. The van der Waals surface area contributed by atoms with Crippen LogP contribution in [0.1, 0.15) is 6.92 Å². The lowest BCUT2D eigenvalue weighted by atomic mass is 10.6. The Labute approximate surface area is 63.2 Å². The molecule has 1 aromatic heterocycles. The highest BCUT2D eigenvalue weighted by molar-refractivity contribution is 5.68. The highest BCUT2D eigenvalue weighted by Crippen LogP contribution is 2.02. The van der Waals surface area contributed by atoms with Crippen molar-refractivity contribution in [3.8, 4) is 6.01 Å². The number of aromatic nitrogens is 2. The number of nitrogen functional groups attached to an aromatic ring is 1. The van der Waals surface area contributed by atoms with Crippen LogP contribution < -0.4 is 10.5 Å². The van der Waals surface area contributed by atoms with Crippen LogP contribution in [-0.4, -0.2) is 15.9 Å². The smallest absolute Gasteiger partial charge is 0.324 e. The van der Waals surface area contributed by atoms with Crippen molar-refractivity contribution in [1.82, 2.24) is 9.97 Å². The van der Waals surface area contributed by atoms with Gasteiger partial charge >= 0.3 is 12.0 Å². The van der Waals surface area contributed by atoms with Crippen molar-refractivity contribution < 1.29 is 9.53 Å². The highest BCUT2D eigenvalue weighted by Gasteiger charge is 1.98. The number of hydrogen-bond donors (Lipinski definition) is 1. The predicted molar refractivity (Wildman–Crippen MR) is 37.8 cm³/mol. The lowest BCUT2D eigenvalue weighted by molar-refractivity contribution is -0.132. The van der Waals surface area contributed by atoms with Crippen molar-refractivity contribution in [1.29, 1.82) is 0 Å². The summed E-state index contributed by atoms with van der Waals surface area (Å²) in [6, 6.07) is 0.0201. The van der Waals surface area contributed by atoms with Crippen molar-refractivity contribution in [2.75, 3.05) is 5.73 Å². The predicted octanol–water partition coefficient (Wildman–Crippen LogP) is -0.0159. The Morgan fingerprint density at radius 3 is 2.55 bits per heavy atom. The molecule has 0 amide bonds. The van der Waals surface area contributed by atoms with Gasteiger partial charge in [-0.25, -0.2) is 9.97 Å². The van der Waals surface area contributed by atoms with Crippen LogP contribution in [-0.2, 0) is 4.79 Å². The van der Waals surface area contributed by atoms with Crippen molar-refractivity contribution in [3.05, 3.63) is 12.4 Å². The van der Waals surface area contributed by atoms with E-state index in [0.717, 1.165) is 0 Å². The minimum absolute atomic E-state index is 0.0201. The Balaban J connectivity index is 2.74. The maximum atomic E-state index is 10.4. The lowest BCUT2D eigenvalue weighted by Crippen LogP contribution is -2.04. The van der Waals surface area contributed by atoms with Crippen LogP contribution in [0.2, 0.25) is 0 Å². The van der Waals surface area contributed by atoms with E-state index in [4.69, 9.17) is 5.73 Å². The third-order valence-electron chi connectivity index (χ3n) is 0.883. The van der Waals surface area contributed by atoms with E-state index >= 15 is 0 Å². The molecule has 1 aromatic rings. The maximum absolute atomic E-state index is 10.4. The molecule has 0 saturated carbocycles. The Morgan fingerprint density at radius 2 is 2.09 bits per heavy atom. The second kappa shape index (κ2) is 2.96. The van der Waals surface area contributed by atoms with E-state index < -0.39 is 5.97 Å². The largest absolute Gasteiger partial charge is 0.396 e. The number of hydrogen-bond acceptors (Lipinski definition) is 5. The average Bonchev–Trinajstić information content (AvgIpc) is 1.93. The number of anilines is 1. The quantitative estimate of drug-likeness (QED) is 0.574. The monoisotopic (exact) mass is 153 g/mol. The van der Waals surface area contributed by atoms with E-state index in [1.807, 2.05) is 0 Å². The topological polar surface area (TPSA) is 78.1 Å². The molecule has 0 fully saturated rings. The summed E-state index contributed by atoms with van der Waals surface area (Å²) in [5, 5.41) is 0. The summed E-state index contributed by atoms with van der Waals surface area (Å²) in [6.07, 6.45) is 2.73. The maximum Gasteiger partial charge on any atom is 0.324 e. The second-order valence-electron chi connectivity index (χ2n) is 1.89.